The molecule has 0 aliphatic carbocycles. The predicted molar refractivity (Wildman–Crippen MR) is 71.4 cm³/mol. The van der Waals surface area contributed by atoms with Crippen molar-refractivity contribution >= 4 is 34.4 Å². The normalized spacial score (nSPS) is 15.0. The van der Waals surface area contributed by atoms with Gasteiger partial charge < -0.3 is 15.0 Å². The number of hydrogen-bond donors (Lipinski definition) is 2. The summed E-state index contributed by atoms with van der Waals surface area (Å²) in [6.45, 7) is 0. The molecule has 0 radical (unpaired) electrons. The highest BCUT2D eigenvalue weighted by Gasteiger charge is 2.18. The topological polar surface area (TPSA) is 62.1 Å². The maximum Gasteiger partial charge on any atom is 0.248 e. The van der Waals surface area contributed by atoms with Gasteiger partial charge in [-0.15, -0.1) is 0 Å². The number of hydrogen-bond acceptors (Lipinski definition) is 3. The molecule has 17 heavy (non-hydrogen) atoms. The van der Waals surface area contributed by atoms with Gasteiger partial charge in [0.15, 0.2) is 0 Å². The van der Waals surface area contributed by atoms with Gasteiger partial charge in [-0.1, -0.05) is 0 Å². The Morgan fingerprint density at radius 3 is 3.12 bits per heavy atom. The Hall–Kier alpha value is -1.62. The molecule has 1 amide bonds. The van der Waals surface area contributed by atoms with Crippen molar-refractivity contribution in [2.75, 3.05) is 17.1 Å². The molecule has 1 aromatic carbocycles. The van der Waals surface area contributed by atoms with Crippen LogP contribution in [0.25, 0.3) is 10.9 Å². The molecule has 0 saturated carbocycles. The summed E-state index contributed by atoms with van der Waals surface area (Å²) in [7, 11) is 2.02. The minimum absolute atomic E-state index is 0.387. The summed E-state index contributed by atoms with van der Waals surface area (Å²) in [6, 6.07) is 3.70. The lowest BCUT2D eigenvalue weighted by atomic mass is 10.1. The monoisotopic (exact) mass is 247 g/mol. The summed E-state index contributed by atoms with van der Waals surface area (Å²) in [5.41, 5.74) is 9.27. The molecule has 0 fully saturated rings. The zero-order valence-corrected chi connectivity index (χ0v) is 10.3. The van der Waals surface area contributed by atoms with Crippen LogP contribution in [-0.2, 0) is 6.42 Å². The number of amides is 1. The van der Waals surface area contributed by atoms with Gasteiger partial charge in [0.2, 0.25) is 5.91 Å². The van der Waals surface area contributed by atoms with Crippen LogP contribution in [0.3, 0.4) is 0 Å². The van der Waals surface area contributed by atoms with Gasteiger partial charge in [-0.3, -0.25) is 4.79 Å². The maximum absolute atomic E-state index is 11.3. The minimum Gasteiger partial charge on any atom is -0.366 e. The fourth-order valence-corrected chi connectivity index (χ4v) is 3.13. The molecule has 0 spiro atoms. The summed E-state index contributed by atoms with van der Waals surface area (Å²) in [5, 5.41) is 1.21. The number of nitrogens with zero attached hydrogens (tertiary/aromatic N) is 1. The van der Waals surface area contributed by atoms with Crippen molar-refractivity contribution in [3.05, 3.63) is 29.5 Å². The standard InChI is InChI=1S/C12H13N3OS/c1-15-10-5-8(12(13)16)4-9-11(10)7(6-14-9)2-3-17-15/h4-6,14H,2-3H2,1H3,(H2,13,16). The smallest absolute Gasteiger partial charge is 0.248 e. The van der Waals surface area contributed by atoms with Crippen molar-refractivity contribution in [2.24, 2.45) is 5.73 Å². The molecule has 1 aliphatic heterocycles. The molecule has 4 nitrogen and oxygen atoms in total. The van der Waals surface area contributed by atoms with Crippen molar-refractivity contribution in [1.29, 1.82) is 0 Å². The number of carbonyl (C=O) groups excluding carboxylic acids is 1. The van der Waals surface area contributed by atoms with Crippen LogP contribution in [0.15, 0.2) is 18.3 Å². The first-order valence-corrected chi connectivity index (χ1v) is 6.41. The molecule has 2 aromatic rings. The highest BCUT2D eigenvalue weighted by molar-refractivity contribution is 8.00. The largest absolute Gasteiger partial charge is 0.366 e. The Kier molecular flexibility index (Phi) is 2.29. The van der Waals surface area contributed by atoms with E-state index in [9.17, 15) is 4.79 Å². The highest BCUT2D eigenvalue weighted by atomic mass is 32.2. The van der Waals surface area contributed by atoms with Gasteiger partial charge in [-0.2, -0.15) is 0 Å². The molecule has 0 saturated heterocycles. The Morgan fingerprint density at radius 2 is 2.35 bits per heavy atom. The molecule has 1 aliphatic rings. The average Bonchev–Trinajstić information content (AvgIpc) is 2.63. The van der Waals surface area contributed by atoms with E-state index in [4.69, 9.17) is 5.73 Å². The number of benzene rings is 1. The van der Waals surface area contributed by atoms with E-state index in [-0.39, 0.29) is 5.91 Å². The van der Waals surface area contributed by atoms with Crippen LogP contribution in [0.5, 0.6) is 0 Å². The lowest BCUT2D eigenvalue weighted by molar-refractivity contribution is 0.100. The molecule has 5 heteroatoms. The Morgan fingerprint density at radius 1 is 1.53 bits per heavy atom. The first kappa shape index (κ1) is 10.5. The highest BCUT2D eigenvalue weighted by Crippen LogP contribution is 2.36. The van der Waals surface area contributed by atoms with E-state index in [2.05, 4.69) is 9.29 Å². The zero-order valence-electron chi connectivity index (χ0n) is 9.49. The molecular weight excluding hydrogens is 234 g/mol. The van der Waals surface area contributed by atoms with Gasteiger partial charge in [-0.05, 0) is 36.1 Å². The number of H-pyrrole nitrogens is 1. The first-order chi connectivity index (χ1) is 8.16. The van der Waals surface area contributed by atoms with Crippen LogP contribution in [0.1, 0.15) is 15.9 Å². The van der Waals surface area contributed by atoms with Crippen LogP contribution in [0, 0.1) is 0 Å². The van der Waals surface area contributed by atoms with Crippen LogP contribution < -0.4 is 10.0 Å². The van der Waals surface area contributed by atoms with E-state index < -0.39 is 0 Å². The summed E-state index contributed by atoms with van der Waals surface area (Å²) < 4.78 is 2.11. The van der Waals surface area contributed by atoms with Gasteiger partial charge >= 0.3 is 0 Å². The SMILES string of the molecule is CN1SCCc2c[nH]c3cc(C(N)=O)cc1c23. The molecule has 0 unspecified atom stereocenters. The van der Waals surface area contributed by atoms with E-state index in [1.807, 2.05) is 25.4 Å². The molecule has 2 heterocycles. The van der Waals surface area contributed by atoms with Crippen molar-refractivity contribution in [1.82, 2.24) is 4.98 Å². The van der Waals surface area contributed by atoms with Crippen LogP contribution >= 0.6 is 11.9 Å². The lowest BCUT2D eigenvalue weighted by Gasteiger charge is -2.17. The van der Waals surface area contributed by atoms with E-state index >= 15 is 0 Å². The van der Waals surface area contributed by atoms with Crippen molar-refractivity contribution in [3.63, 3.8) is 0 Å². The molecule has 3 N–H and O–H groups in total. The summed E-state index contributed by atoms with van der Waals surface area (Å²) in [5.74, 6) is 0.659. The minimum atomic E-state index is -0.387. The Labute approximate surface area is 103 Å². The van der Waals surface area contributed by atoms with Crippen molar-refractivity contribution < 1.29 is 4.79 Å². The quantitative estimate of drug-likeness (QED) is 0.757. The summed E-state index contributed by atoms with van der Waals surface area (Å²) >= 11 is 1.76. The second-order valence-corrected chi connectivity index (χ2v) is 5.39. The number of aromatic nitrogens is 1. The van der Waals surface area contributed by atoms with Gasteiger partial charge in [-0.25, -0.2) is 0 Å². The fraction of sp³-hybridized carbons (Fsp3) is 0.250. The number of rotatable bonds is 1. The predicted octanol–water partition coefficient (Wildman–Crippen LogP) is 1.91. The fourth-order valence-electron chi connectivity index (χ4n) is 2.26. The average molecular weight is 247 g/mol. The van der Waals surface area contributed by atoms with E-state index in [1.54, 1.807) is 11.9 Å². The number of primary amides is 1. The second kappa shape index (κ2) is 3.70. The molecule has 0 bridgehead atoms. The number of anilines is 1. The maximum atomic E-state index is 11.3. The molecule has 1 aromatic heterocycles. The number of aromatic amines is 1. The van der Waals surface area contributed by atoms with E-state index in [0.717, 1.165) is 23.4 Å². The third kappa shape index (κ3) is 1.58. The summed E-state index contributed by atoms with van der Waals surface area (Å²) in [4.78, 5) is 14.5. The third-order valence-electron chi connectivity index (χ3n) is 3.12. The second-order valence-electron chi connectivity index (χ2n) is 4.18. The van der Waals surface area contributed by atoms with Gasteiger partial charge in [0, 0.05) is 35.5 Å². The third-order valence-corrected chi connectivity index (χ3v) is 4.09. The van der Waals surface area contributed by atoms with Gasteiger partial charge in [0.25, 0.3) is 0 Å². The van der Waals surface area contributed by atoms with Gasteiger partial charge in [0.1, 0.15) is 0 Å². The molecule has 3 rings (SSSR count). The van der Waals surface area contributed by atoms with Crippen molar-refractivity contribution in [3.8, 4) is 0 Å². The van der Waals surface area contributed by atoms with E-state index in [0.29, 0.717) is 5.56 Å². The van der Waals surface area contributed by atoms with Crippen molar-refractivity contribution in [2.45, 2.75) is 6.42 Å². The van der Waals surface area contributed by atoms with Crippen LogP contribution in [0.2, 0.25) is 0 Å². The summed E-state index contributed by atoms with van der Waals surface area (Å²) in [6.07, 6.45) is 3.07. The molecule has 88 valence electrons. The van der Waals surface area contributed by atoms with Crippen LogP contribution in [0.4, 0.5) is 5.69 Å². The zero-order chi connectivity index (χ0) is 12.0. The van der Waals surface area contributed by atoms with E-state index in [1.165, 1.54) is 10.9 Å². The Balaban J connectivity index is 2.34. The number of aryl methyl sites for hydroxylation is 1. The molecular formula is C12H13N3OS. The van der Waals surface area contributed by atoms with Gasteiger partial charge in [0.05, 0.1) is 5.69 Å². The number of nitrogens with two attached hydrogens (primary N) is 1. The molecule has 0 atom stereocenters. The Bertz CT molecular complexity index is 605. The number of nitrogens with one attached hydrogen (secondary N) is 1. The van der Waals surface area contributed by atoms with Crippen LogP contribution in [-0.4, -0.2) is 23.7 Å². The lowest BCUT2D eigenvalue weighted by Crippen LogP contribution is -2.13. The first-order valence-electron chi connectivity index (χ1n) is 5.47. The number of carbonyl (C=O) groups is 1.